The molecule has 1 atom stereocenters. The first-order valence-corrected chi connectivity index (χ1v) is 5.47. The largest absolute Gasteiger partial charge is 0.497 e. The second-order valence-electron chi connectivity index (χ2n) is 3.68. The lowest BCUT2D eigenvalue weighted by atomic mass is 9.98. The summed E-state index contributed by atoms with van der Waals surface area (Å²) in [4.78, 5) is 11.3. The molecule has 0 N–H and O–H groups in total. The van der Waals surface area contributed by atoms with Crippen molar-refractivity contribution in [1.82, 2.24) is 0 Å². The Morgan fingerprint density at radius 1 is 1.31 bits per heavy atom. The minimum absolute atomic E-state index is 0.147. The fourth-order valence-electron chi connectivity index (χ4n) is 1.52. The van der Waals surface area contributed by atoms with E-state index in [2.05, 4.69) is 0 Å². The van der Waals surface area contributed by atoms with Crippen LogP contribution < -0.4 is 4.74 Å². The second-order valence-corrected chi connectivity index (χ2v) is 3.68. The van der Waals surface area contributed by atoms with Crippen LogP contribution in [0.1, 0.15) is 31.7 Å². The first kappa shape index (κ1) is 12.6. The molecule has 0 aliphatic heterocycles. The molecular weight excluding hydrogens is 204 g/mol. The molecule has 3 nitrogen and oxygen atoms in total. The Bertz CT molecular complexity index is 330. The second kappa shape index (κ2) is 6.16. The Morgan fingerprint density at radius 2 is 1.94 bits per heavy atom. The van der Waals surface area contributed by atoms with Crippen molar-refractivity contribution in [2.24, 2.45) is 0 Å². The number of benzene rings is 1. The van der Waals surface area contributed by atoms with Gasteiger partial charge in [-0.25, -0.2) is 0 Å². The van der Waals surface area contributed by atoms with Gasteiger partial charge in [-0.15, -0.1) is 0 Å². The van der Waals surface area contributed by atoms with E-state index < -0.39 is 0 Å². The minimum Gasteiger partial charge on any atom is -0.497 e. The summed E-state index contributed by atoms with van der Waals surface area (Å²) in [6, 6.07) is 7.75. The normalized spacial score (nSPS) is 11.9. The van der Waals surface area contributed by atoms with E-state index in [1.807, 2.05) is 38.1 Å². The lowest BCUT2D eigenvalue weighted by Gasteiger charge is -2.11. The zero-order chi connectivity index (χ0) is 12.0. The summed E-state index contributed by atoms with van der Waals surface area (Å²) in [7, 11) is 1.64. The maximum Gasteiger partial charge on any atom is 0.306 e. The Morgan fingerprint density at radius 3 is 2.44 bits per heavy atom. The highest BCUT2D eigenvalue weighted by molar-refractivity contribution is 5.70. The van der Waals surface area contributed by atoms with Gasteiger partial charge in [-0.3, -0.25) is 4.79 Å². The average Bonchev–Trinajstić information content (AvgIpc) is 2.29. The van der Waals surface area contributed by atoms with E-state index in [0.717, 1.165) is 11.3 Å². The first-order valence-electron chi connectivity index (χ1n) is 5.47. The van der Waals surface area contributed by atoms with Gasteiger partial charge in [-0.2, -0.15) is 0 Å². The van der Waals surface area contributed by atoms with Crippen molar-refractivity contribution >= 4 is 5.97 Å². The van der Waals surface area contributed by atoms with E-state index in [0.29, 0.717) is 13.0 Å². The van der Waals surface area contributed by atoms with Crippen molar-refractivity contribution in [1.29, 1.82) is 0 Å². The van der Waals surface area contributed by atoms with Gasteiger partial charge in [0.15, 0.2) is 0 Å². The third-order valence-corrected chi connectivity index (χ3v) is 2.46. The Hall–Kier alpha value is -1.51. The van der Waals surface area contributed by atoms with Gasteiger partial charge in [-0.1, -0.05) is 19.1 Å². The van der Waals surface area contributed by atoms with E-state index in [1.54, 1.807) is 7.11 Å². The molecule has 16 heavy (non-hydrogen) atoms. The summed E-state index contributed by atoms with van der Waals surface area (Å²) in [5, 5.41) is 0. The molecule has 1 aromatic rings. The molecule has 0 saturated carbocycles. The van der Waals surface area contributed by atoms with E-state index in [1.165, 1.54) is 0 Å². The monoisotopic (exact) mass is 222 g/mol. The van der Waals surface area contributed by atoms with E-state index >= 15 is 0 Å². The molecule has 0 spiro atoms. The SMILES string of the molecule is CCOC(=O)C[C@@H](C)c1ccc(OC)cc1. The van der Waals surface area contributed by atoms with Gasteiger partial charge < -0.3 is 9.47 Å². The third kappa shape index (κ3) is 3.57. The molecule has 0 radical (unpaired) electrons. The fourth-order valence-corrected chi connectivity index (χ4v) is 1.52. The van der Waals surface area contributed by atoms with Crippen LogP contribution in [0.5, 0.6) is 5.75 Å². The number of carbonyl (C=O) groups is 1. The van der Waals surface area contributed by atoms with Crippen molar-refractivity contribution in [3.8, 4) is 5.75 Å². The van der Waals surface area contributed by atoms with Crippen molar-refractivity contribution in [3.05, 3.63) is 29.8 Å². The lowest BCUT2D eigenvalue weighted by Crippen LogP contribution is -2.08. The number of rotatable bonds is 5. The standard InChI is InChI=1S/C13H18O3/c1-4-16-13(14)9-10(2)11-5-7-12(15-3)8-6-11/h5-8,10H,4,9H2,1-3H3/t10-/m1/s1. The fraction of sp³-hybridized carbons (Fsp3) is 0.462. The summed E-state index contributed by atoms with van der Waals surface area (Å²) in [6.07, 6.45) is 0.417. The van der Waals surface area contributed by atoms with Crippen molar-refractivity contribution < 1.29 is 14.3 Å². The zero-order valence-corrected chi connectivity index (χ0v) is 10.0. The maximum absolute atomic E-state index is 11.3. The number of carbonyl (C=O) groups excluding carboxylic acids is 1. The van der Waals surface area contributed by atoms with Gasteiger partial charge in [0.2, 0.25) is 0 Å². The Labute approximate surface area is 96.4 Å². The molecule has 0 bridgehead atoms. The minimum atomic E-state index is -0.147. The summed E-state index contributed by atoms with van der Waals surface area (Å²) >= 11 is 0. The molecule has 0 saturated heterocycles. The van der Waals surface area contributed by atoms with E-state index in [4.69, 9.17) is 9.47 Å². The molecular formula is C13H18O3. The molecule has 1 rings (SSSR count). The smallest absolute Gasteiger partial charge is 0.306 e. The van der Waals surface area contributed by atoms with Crippen molar-refractivity contribution in [3.63, 3.8) is 0 Å². The molecule has 88 valence electrons. The highest BCUT2D eigenvalue weighted by atomic mass is 16.5. The van der Waals surface area contributed by atoms with Gasteiger partial charge in [0.05, 0.1) is 20.1 Å². The van der Waals surface area contributed by atoms with Crippen LogP contribution in [0.15, 0.2) is 24.3 Å². The van der Waals surface area contributed by atoms with Gasteiger partial charge in [-0.05, 0) is 30.5 Å². The van der Waals surface area contributed by atoms with Crippen LogP contribution in [0.25, 0.3) is 0 Å². The van der Waals surface area contributed by atoms with Crippen molar-refractivity contribution in [2.45, 2.75) is 26.2 Å². The number of esters is 1. The molecule has 1 aromatic carbocycles. The quantitative estimate of drug-likeness (QED) is 0.719. The van der Waals surface area contributed by atoms with Crippen LogP contribution in [0.2, 0.25) is 0 Å². The van der Waals surface area contributed by atoms with Crippen molar-refractivity contribution in [2.75, 3.05) is 13.7 Å². The van der Waals surface area contributed by atoms with E-state index in [9.17, 15) is 4.79 Å². The van der Waals surface area contributed by atoms with Crippen LogP contribution in [0.4, 0.5) is 0 Å². The third-order valence-electron chi connectivity index (χ3n) is 2.46. The molecule has 3 heteroatoms. The summed E-state index contributed by atoms with van der Waals surface area (Å²) in [5.74, 6) is 0.850. The molecule has 0 unspecified atom stereocenters. The summed E-state index contributed by atoms with van der Waals surface area (Å²) in [5.41, 5.74) is 1.12. The molecule has 0 aliphatic carbocycles. The van der Waals surface area contributed by atoms with Gasteiger partial charge >= 0.3 is 5.97 Å². The van der Waals surface area contributed by atoms with Crippen LogP contribution in [-0.4, -0.2) is 19.7 Å². The number of hydrogen-bond acceptors (Lipinski definition) is 3. The molecule has 0 heterocycles. The van der Waals surface area contributed by atoms with Gasteiger partial charge in [0.25, 0.3) is 0 Å². The maximum atomic E-state index is 11.3. The predicted molar refractivity (Wildman–Crippen MR) is 62.7 cm³/mol. The van der Waals surface area contributed by atoms with E-state index in [-0.39, 0.29) is 11.9 Å². The molecule has 0 amide bonds. The Balaban J connectivity index is 2.58. The topological polar surface area (TPSA) is 35.5 Å². The van der Waals surface area contributed by atoms with Crippen LogP contribution in [0.3, 0.4) is 0 Å². The van der Waals surface area contributed by atoms with Gasteiger partial charge in [0.1, 0.15) is 5.75 Å². The molecule has 0 aliphatic rings. The average molecular weight is 222 g/mol. The van der Waals surface area contributed by atoms with Crippen LogP contribution in [-0.2, 0) is 9.53 Å². The first-order chi connectivity index (χ1) is 7.67. The predicted octanol–water partition coefficient (Wildman–Crippen LogP) is 2.75. The zero-order valence-electron chi connectivity index (χ0n) is 10.0. The number of ether oxygens (including phenoxy) is 2. The van der Waals surface area contributed by atoms with Crippen LogP contribution >= 0.6 is 0 Å². The highest BCUT2D eigenvalue weighted by Crippen LogP contribution is 2.22. The summed E-state index contributed by atoms with van der Waals surface area (Å²) < 4.78 is 9.99. The highest BCUT2D eigenvalue weighted by Gasteiger charge is 2.11. The van der Waals surface area contributed by atoms with Crippen LogP contribution in [0, 0.1) is 0 Å². The molecule has 0 fully saturated rings. The Kier molecular flexibility index (Phi) is 4.83. The number of methoxy groups -OCH3 is 1. The lowest BCUT2D eigenvalue weighted by molar-refractivity contribution is -0.143. The number of hydrogen-bond donors (Lipinski definition) is 0. The molecule has 0 aromatic heterocycles. The summed E-state index contributed by atoms with van der Waals surface area (Å²) in [6.45, 7) is 4.27. The van der Waals surface area contributed by atoms with Gasteiger partial charge in [0, 0.05) is 0 Å².